The first-order valence-electron chi connectivity index (χ1n) is 13.6. The van der Waals surface area contributed by atoms with Gasteiger partial charge in [-0.05, 0) is 54.4 Å². The largest absolute Gasteiger partial charge is 0.493 e. The second-order valence-electron chi connectivity index (χ2n) is 9.91. The van der Waals surface area contributed by atoms with Gasteiger partial charge in [-0.1, -0.05) is 42.5 Å². The molecule has 10 nitrogen and oxygen atoms in total. The Kier molecular flexibility index (Phi) is 9.22. The molecule has 6 rings (SSSR count). The van der Waals surface area contributed by atoms with Crippen LogP contribution in [0.4, 0.5) is 4.39 Å². The third-order valence-electron chi connectivity index (χ3n) is 7.22. The lowest BCUT2D eigenvalue weighted by Crippen LogP contribution is -2.20. The summed E-state index contributed by atoms with van der Waals surface area (Å²) in [5.74, 6) is 10.2. The highest BCUT2D eigenvalue weighted by atomic mass is 19.1. The van der Waals surface area contributed by atoms with Crippen LogP contribution in [0.3, 0.4) is 0 Å². The van der Waals surface area contributed by atoms with Crippen molar-refractivity contribution in [2.45, 2.75) is 25.3 Å². The normalized spacial score (nSPS) is 14.8. The van der Waals surface area contributed by atoms with Gasteiger partial charge in [0, 0.05) is 31.0 Å². The minimum atomic E-state index is -0.272. The Balaban J connectivity index is 0.00000173. The highest BCUT2D eigenvalue weighted by Crippen LogP contribution is 2.33. The van der Waals surface area contributed by atoms with Crippen LogP contribution in [0, 0.1) is 5.82 Å². The van der Waals surface area contributed by atoms with Gasteiger partial charge >= 0.3 is 0 Å². The molecular weight excluding hydrogens is 535 g/mol. The van der Waals surface area contributed by atoms with Crippen molar-refractivity contribution in [3.05, 3.63) is 101 Å². The number of rotatable bonds is 8. The van der Waals surface area contributed by atoms with Crippen molar-refractivity contribution in [1.29, 1.82) is 0 Å². The van der Waals surface area contributed by atoms with E-state index in [0.29, 0.717) is 40.7 Å². The van der Waals surface area contributed by atoms with E-state index in [1.165, 1.54) is 17.7 Å². The maximum absolute atomic E-state index is 13.5. The summed E-state index contributed by atoms with van der Waals surface area (Å²) in [6.45, 7) is 2.69. The average Bonchev–Trinajstić information content (AvgIpc) is 3.51. The van der Waals surface area contributed by atoms with E-state index < -0.39 is 0 Å². The molecule has 1 aliphatic rings. The van der Waals surface area contributed by atoms with Gasteiger partial charge in [0.05, 0.1) is 19.9 Å². The summed E-state index contributed by atoms with van der Waals surface area (Å²) < 4.78 is 24.3. The van der Waals surface area contributed by atoms with Gasteiger partial charge < -0.3 is 9.47 Å². The summed E-state index contributed by atoms with van der Waals surface area (Å²) >= 11 is 0. The molecule has 1 fully saturated rings. The fraction of sp³-hybridized carbons (Fsp3) is 0.258. The zero-order valence-electron chi connectivity index (χ0n) is 23.6. The summed E-state index contributed by atoms with van der Waals surface area (Å²) in [4.78, 5) is 17.1. The maximum Gasteiger partial charge on any atom is 0.204 e. The van der Waals surface area contributed by atoms with Crippen molar-refractivity contribution >= 4 is 11.2 Å². The van der Waals surface area contributed by atoms with Crippen molar-refractivity contribution in [3.63, 3.8) is 0 Å². The number of benzene rings is 3. The number of ether oxygens (including phenoxy) is 2. The molecular formula is C31H33FN8O2. The summed E-state index contributed by atoms with van der Waals surface area (Å²) in [6, 6.07) is 22.4. The summed E-state index contributed by atoms with van der Waals surface area (Å²) in [5.41, 5.74) is 4.93. The minimum Gasteiger partial charge on any atom is -0.493 e. The third kappa shape index (κ3) is 6.49. The molecule has 1 saturated heterocycles. The lowest BCUT2D eigenvalue weighted by Gasteiger charge is -2.17. The number of hydrogen-bond acceptors (Lipinski definition) is 10. The molecule has 11 heteroatoms. The van der Waals surface area contributed by atoms with E-state index in [4.69, 9.17) is 24.4 Å². The molecule has 3 aromatic carbocycles. The van der Waals surface area contributed by atoms with Crippen molar-refractivity contribution in [1.82, 2.24) is 30.0 Å². The molecule has 1 atom stereocenters. The Morgan fingerprint density at radius 2 is 1.62 bits per heavy atom. The van der Waals surface area contributed by atoms with Crippen molar-refractivity contribution < 1.29 is 13.9 Å². The Morgan fingerprint density at radius 1 is 0.857 bits per heavy atom. The Bertz CT molecular complexity index is 1640. The molecule has 0 radical (unpaired) electrons. The molecule has 2 aromatic heterocycles. The van der Waals surface area contributed by atoms with Crippen LogP contribution in [-0.2, 0) is 13.0 Å². The van der Waals surface area contributed by atoms with Crippen LogP contribution in [0.25, 0.3) is 22.6 Å². The standard InChI is InChI=1S/C31H29FN6O2.H4N2/c1-39-25-13-10-22(17-26(25)40-2)30-35-29-28(23-14-15-38(19-23)18-21-6-4-3-5-7-21)33-27(34-31(29)37-36-30)16-20-8-11-24(32)12-9-20;1-2/h3-13,17,23H,14-16,18-19H2,1-2H3;1-2H2. The van der Waals surface area contributed by atoms with E-state index in [0.717, 1.165) is 42.9 Å². The van der Waals surface area contributed by atoms with Gasteiger partial charge in [0.2, 0.25) is 5.65 Å². The summed E-state index contributed by atoms with van der Waals surface area (Å²) in [7, 11) is 3.19. The Morgan fingerprint density at radius 3 is 2.36 bits per heavy atom. The fourth-order valence-electron chi connectivity index (χ4n) is 5.19. The average molecular weight is 569 g/mol. The van der Waals surface area contributed by atoms with Crippen LogP contribution in [0.15, 0.2) is 72.8 Å². The van der Waals surface area contributed by atoms with Gasteiger partial charge in [-0.15, -0.1) is 10.2 Å². The first-order valence-corrected chi connectivity index (χ1v) is 13.6. The number of likely N-dealkylation sites (tertiary alicyclic amines) is 1. The van der Waals surface area contributed by atoms with Crippen LogP contribution >= 0.6 is 0 Å². The molecule has 0 spiro atoms. The van der Waals surface area contributed by atoms with E-state index in [1.54, 1.807) is 26.4 Å². The van der Waals surface area contributed by atoms with Crippen LogP contribution < -0.4 is 21.2 Å². The molecule has 0 aliphatic carbocycles. The molecule has 0 saturated carbocycles. The predicted octanol–water partition coefficient (Wildman–Crippen LogP) is 4.04. The lowest BCUT2D eigenvalue weighted by molar-refractivity contribution is 0.326. The molecule has 42 heavy (non-hydrogen) atoms. The second kappa shape index (κ2) is 13.4. The maximum atomic E-state index is 13.5. The molecule has 216 valence electrons. The number of nitrogens with zero attached hydrogens (tertiary/aromatic N) is 6. The van der Waals surface area contributed by atoms with Crippen LogP contribution in [0.2, 0.25) is 0 Å². The van der Waals surface area contributed by atoms with E-state index in [9.17, 15) is 4.39 Å². The van der Waals surface area contributed by atoms with Gasteiger partial charge in [-0.25, -0.2) is 19.3 Å². The highest BCUT2D eigenvalue weighted by Gasteiger charge is 2.28. The highest BCUT2D eigenvalue weighted by molar-refractivity contribution is 5.75. The first-order chi connectivity index (χ1) is 20.6. The number of hydrazine groups is 1. The molecule has 5 aromatic rings. The topological polar surface area (TPSA) is 138 Å². The quantitative estimate of drug-likeness (QED) is 0.208. The number of nitrogens with two attached hydrogens (primary N) is 2. The van der Waals surface area contributed by atoms with Gasteiger partial charge in [0.15, 0.2) is 17.3 Å². The van der Waals surface area contributed by atoms with Crippen LogP contribution in [-0.4, -0.2) is 57.4 Å². The van der Waals surface area contributed by atoms with Gasteiger partial charge in [-0.3, -0.25) is 16.6 Å². The van der Waals surface area contributed by atoms with Crippen LogP contribution in [0.5, 0.6) is 11.5 Å². The lowest BCUT2D eigenvalue weighted by atomic mass is 10.0. The SMILES string of the molecule is COc1ccc(-c2nnc3nc(Cc4ccc(F)cc4)nc(C4CCN(Cc5ccccc5)C4)c3n2)cc1OC.NN. The first kappa shape index (κ1) is 28.9. The molecule has 1 aliphatic heterocycles. The number of aromatic nitrogens is 5. The van der Waals surface area contributed by atoms with E-state index >= 15 is 0 Å². The van der Waals surface area contributed by atoms with Crippen molar-refractivity contribution in [2.75, 3.05) is 27.3 Å². The molecule has 0 amide bonds. The molecule has 1 unspecified atom stereocenters. The molecule has 3 heterocycles. The number of hydrogen-bond donors (Lipinski definition) is 2. The Labute approximate surface area is 243 Å². The molecule has 4 N–H and O–H groups in total. The van der Waals surface area contributed by atoms with Gasteiger partial charge in [0.25, 0.3) is 0 Å². The second-order valence-corrected chi connectivity index (χ2v) is 9.91. The summed E-state index contributed by atoms with van der Waals surface area (Å²) in [6.07, 6.45) is 1.41. The van der Waals surface area contributed by atoms with Crippen LogP contribution in [0.1, 0.15) is 35.0 Å². The zero-order chi connectivity index (χ0) is 29.5. The van der Waals surface area contributed by atoms with E-state index in [-0.39, 0.29) is 11.7 Å². The van der Waals surface area contributed by atoms with E-state index in [1.807, 2.05) is 24.3 Å². The van der Waals surface area contributed by atoms with Gasteiger partial charge in [-0.2, -0.15) is 0 Å². The molecule has 0 bridgehead atoms. The monoisotopic (exact) mass is 568 g/mol. The number of fused-ring (bicyclic) bond motifs is 1. The third-order valence-corrected chi connectivity index (χ3v) is 7.22. The smallest absolute Gasteiger partial charge is 0.204 e. The predicted molar refractivity (Wildman–Crippen MR) is 158 cm³/mol. The zero-order valence-corrected chi connectivity index (χ0v) is 23.6. The van der Waals surface area contributed by atoms with Gasteiger partial charge in [0.1, 0.15) is 17.2 Å². The van der Waals surface area contributed by atoms with Crippen molar-refractivity contribution in [2.24, 2.45) is 11.7 Å². The summed E-state index contributed by atoms with van der Waals surface area (Å²) in [5, 5.41) is 8.88. The number of methoxy groups -OCH3 is 2. The Hall–Kier alpha value is -4.58. The fourth-order valence-corrected chi connectivity index (χ4v) is 5.19. The minimum absolute atomic E-state index is 0.163. The van der Waals surface area contributed by atoms with Crippen molar-refractivity contribution in [3.8, 4) is 22.9 Å². The number of halogens is 1. The van der Waals surface area contributed by atoms with E-state index in [2.05, 4.69) is 51.0 Å².